The van der Waals surface area contributed by atoms with Gasteiger partial charge in [0.1, 0.15) is 11.2 Å². The molecule has 0 aliphatic rings. The molecule has 5 heteroatoms. The summed E-state index contributed by atoms with van der Waals surface area (Å²) in [7, 11) is 1.32. The van der Waals surface area contributed by atoms with Crippen LogP contribution in [0.5, 0.6) is 0 Å². The van der Waals surface area contributed by atoms with E-state index in [2.05, 4.69) is 9.72 Å². The molecule has 4 nitrogen and oxygen atoms in total. The van der Waals surface area contributed by atoms with Crippen LogP contribution in [0.25, 0.3) is 10.9 Å². The molecule has 1 aromatic heterocycles. The number of fused-ring (bicyclic) bond motifs is 1. The fourth-order valence-corrected chi connectivity index (χ4v) is 2.10. The number of aromatic nitrogens is 1. The number of carbonyl (C=O) groups is 1. The summed E-state index contributed by atoms with van der Waals surface area (Å²) in [6.45, 7) is 0. The van der Waals surface area contributed by atoms with Crippen LogP contribution >= 0.6 is 11.6 Å². The van der Waals surface area contributed by atoms with Crippen molar-refractivity contribution in [3.05, 3.63) is 35.0 Å². The molecular formula is C12H13ClN2O2. The van der Waals surface area contributed by atoms with Gasteiger partial charge in [0.05, 0.1) is 7.11 Å². The van der Waals surface area contributed by atoms with E-state index in [0.29, 0.717) is 11.6 Å². The minimum absolute atomic E-state index is 0.357. The minimum Gasteiger partial charge on any atom is -0.468 e. The number of methoxy groups -OCH3 is 1. The number of para-hydroxylation sites is 1. The Morgan fingerprint density at radius 1 is 1.53 bits per heavy atom. The van der Waals surface area contributed by atoms with E-state index in [9.17, 15) is 4.79 Å². The quantitative estimate of drug-likeness (QED) is 0.820. The smallest absolute Gasteiger partial charge is 0.322 e. The predicted molar refractivity (Wildman–Crippen MR) is 67.0 cm³/mol. The topological polar surface area (TPSA) is 68.1 Å². The number of nitrogens with two attached hydrogens (primary N) is 1. The number of benzene rings is 1. The molecule has 2 rings (SSSR count). The lowest BCUT2D eigenvalue weighted by Crippen LogP contribution is -2.33. The first kappa shape index (κ1) is 12.0. The summed E-state index contributed by atoms with van der Waals surface area (Å²) < 4.78 is 4.60. The number of hydrogen-bond acceptors (Lipinski definition) is 3. The highest BCUT2D eigenvalue weighted by Crippen LogP contribution is 2.26. The molecule has 0 fully saturated rings. The van der Waals surface area contributed by atoms with Gasteiger partial charge in [-0.15, -0.1) is 0 Å². The van der Waals surface area contributed by atoms with Crippen LogP contribution in [0.3, 0.4) is 0 Å². The molecule has 0 saturated heterocycles. The molecule has 0 aliphatic carbocycles. The molecule has 3 N–H and O–H groups in total. The van der Waals surface area contributed by atoms with E-state index < -0.39 is 12.0 Å². The van der Waals surface area contributed by atoms with E-state index in [1.807, 2.05) is 24.3 Å². The second-order valence-electron chi connectivity index (χ2n) is 3.80. The zero-order valence-corrected chi connectivity index (χ0v) is 10.1. The lowest BCUT2D eigenvalue weighted by atomic mass is 10.1. The number of ether oxygens (including phenoxy) is 1. The number of hydrogen-bond donors (Lipinski definition) is 2. The molecule has 1 aromatic carbocycles. The Morgan fingerprint density at radius 3 is 2.94 bits per heavy atom. The predicted octanol–water partition coefficient (Wildman–Crippen LogP) is 1.86. The van der Waals surface area contributed by atoms with Gasteiger partial charge in [0, 0.05) is 17.3 Å². The fourth-order valence-electron chi connectivity index (χ4n) is 1.82. The average Bonchev–Trinajstić information content (AvgIpc) is 2.65. The molecular weight excluding hydrogens is 240 g/mol. The lowest BCUT2D eigenvalue weighted by molar-refractivity contribution is -0.142. The lowest BCUT2D eigenvalue weighted by Gasteiger charge is -2.08. The number of nitrogens with one attached hydrogen (secondary N) is 1. The van der Waals surface area contributed by atoms with Gasteiger partial charge in [-0.3, -0.25) is 4.79 Å². The van der Waals surface area contributed by atoms with Gasteiger partial charge in [0.2, 0.25) is 0 Å². The Bertz CT molecular complexity index is 550. The molecule has 17 heavy (non-hydrogen) atoms. The van der Waals surface area contributed by atoms with Gasteiger partial charge < -0.3 is 15.5 Å². The van der Waals surface area contributed by atoms with Crippen LogP contribution in [-0.2, 0) is 16.0 Å². The summed E-state index contributed by atoms with van der Waals surface area (Å²) in [6, 6.07) is 7.00. The van der Waals surface area contributed by atoms with Crippen molar-refractivity contribution in [3.63, 3.8) is 0 Å². The summed E-state index contributed by atoms with van der Waals surface area (Å²) >= 11 is 6.10. The van der Waals surface area contributed by atoms with Gasteiger partial charge in [-0.2, -0.15) is 0 Å². The minimum atomic E-state index is -0.697. The van der Waals surface area contributed by atoms with Crippen LogP contribution in [0.1, 0.15) is 5.56 Å². The number of carbonyl (C=O) groups excluding carboxylic acids is 1. The molecule has 90 valence electrons. The summed E-state index contributed by atoms with van der Waals surface area (Å²) in [5.74, 6) is -0.439. The van der Waals surface area contributed by atoms with Crippen molar-refractivity contribution in [2.24, 2.45) is 5.73 Å². The first-order chi connectivity index (χ1) is 8.13. The number of aromatic amines is 1. The molecule has 2 aromatic rings. The summed E-state index contributed by atoms with van der Waals surface area (Å²) in [5.41, 5.74) is 7.51. The van der Waals surface area contributed by atoms with Gasteiger partial charge in [0.25, 0.3) is 0 Å². The zero-order valence-electron chi connectivity index (χ0n) is 9.37. The summed E-state index contributed by atoms with van der Waals surface area (Å²) in [4.78, 5) is 14.3. The van der Waals surface area contributed by atoms with E-state index in [1.54, 1.807) is 0 Å². The van der Waals surface area contributed by atoms with Gasteiger partial charge >= 0.3 is 5.97 Å². The average molecular weight is 253 g/mol. The van der Waals surface area contributed by atoms with Crippen molar-refractivity contribution >= 4 is 28.5 Å². The molecule has 0 bridgehead atoms. The van der Waals surface area contributed by atoms with Gasteiger partial charge in [-0.1, -0.05) is 29.8 Å². The van der Waals surface area contributed by atoms with Crippen molar-refractivity contribution < 1.29 is 9.53 Å². The van der Waals surface area contributed by atoms with E-state index in [0.717, 1.165) is 16.5 Å². The summed E-state index contributed by atoms with van der Waals surface area (Å²) in [5, 5.41) is 1.50. The molecule has 1 atom stereocenters. The number of H-pyrrole nitrogens is 1. The van der Waals surface area contributed by atoms with Crippen molar-refractivity contribution in [1.82, 2.24) is 4.98 Å². The van der Waals surface area contributed by atoms with Crippen molar-refractivity contribution in [1.29, 1.82) is 0 Å². The SMILES string of the molecule is COC(=O)[C@@H](N)Cc1c(Cl)[nH]c2ccccc12. The maximum absolute atomic E-state index is 11.3. The second kappa shape index (κ2) is 4.77. The molecule has 0 amide bonds. The third kappa shape index (κ3) is 2.28. The van der Waals surface area contributed by atoms with E-state index in [1.165, 1.54) is 7.11 Å². The highest BCUT2D eigenvalue weighted by Gasteiger charge is 2.18. The van der Waals surface area contributed by atoms with Crippen LogP contribution in [0.15, 0.2) is 24.3 Å². The standard InChI is InChI=1S/C12H13ClN2O2/c1-17-12(16)9(14)6-8-7-4-2-3-5-10(7)15-11(8)13/h2-5,9,15H,6,14H2,1H3/t9-/m0/s1. The molecule has 0 spiro atoms. The first-order valence-electron chi connectivity index (χ1n) is 5.22. The number of esters is 1. The van der Waals surface area contributed by atoms with Gasteiger partial charge in [-0.25, -0.2) is 0 Å². The number of halogens is 1. The fraction of sp³-hybridized carbons (Fsp3) is 0.250. The van der Waals surface area contributed by atoms with Crippen LogP contribution in [0, 0.1) is 0 Å². The third-order valence-electron chi connectivity index (χ3n) is 2.69. The Hall–Kier alpha value is -1.52. The highest BCUT2D eigenvalue weighted by atomic mass is 35.5. The first-order valence-corrected chi connectivity index (χ1v) is 5.59. The van der Waals surface area contributed by atoms with Crippen molar-refractivity contribution in [2.75, 3.05) is 7.11 Å². The Morgan fingerprint density at radius 2 is 2.24 bits per heavy atom. The maximum atomic E-state index is 11.3. The Labute approximate surface area is 104 Å². The van der Waals surface area contributed by atoms with Crippen LogP contribution < -0.4 is 5.73 Å². The van der Waals surface area contributed by atoms with Crippen molar-refractivity contribution in [2.45, 2.75) is 12.5 Å². The van der Waals surface area contributed by atoms with E-state index >= 15 is 0 Å². The van der Waals surface area contributed by atoms with Crippen LogP contribution in [-0.4, -0.2) is 24.1 Å². The largest absolute Gasteiger partial charge is 0.468 e. The van der Waals surface area contributed by atoms with Crippen LogP contribution in [0.4, 0.5) is 0 Å². The zero-order chi connectivity index (χ0) is 12.4. The Balaban J connectivity index is 2.35. The maximum Gasteiger partial charge on any atom is 0.322 e. The molecule has 0 radical (unpaired) electrons. The number of rotatable bonds is 3. The molecule has 0 aliphatic heterocycles. The Kier molecular flexibility index (Phi) is 3.36. The molecule has 1 heterocycles. The summed E-state index contributed by atoms with van der Waals surface area (Å²) in [6.07, 6.45) is 0.357. The van der Waals surface area contributed by atoms with Gasteiger partial charge in [-0.05, 0) is 11.6 Å². The van der Waals surface area contributed by atoms with E-state index in [4.69, 9.17) is 17.3 Å². The van der Waals surface area contributed by atoms with Gasteiger partial charge in [0.15, 0.2) is 0 Å². The normalized spacial score (nSPS) is 12.6. The van der Waals surface area contributed by atoms with Crippen LogP contribution in [0.2, 0.25) is 5.15 Å². The third-order valence-corrected chi connectivity index (χ3v) is 3.01. The monoisotopic (exact) mass is 252 g/mol. The van der Waals surface area contributed by atoms with Crippen molar-refractivity contribution in [3.8, 4) is 0 Å². The highest BCUT2D eigenvalue weighted by molar-refractivity contribution is 6.31. The van der Waals surface area contributed by atoms with E-state index in [-0.39, 0.29) is 0 Å². The molecule has 0 unspecified atom stereocenters. The molecule has 0 saturated carbocycles. The second-order valence-corrected chi connectivity index (χ2v) is 4.17.